The maximum Gasteiger partial charge on any atom is 0.321 e. The van der Waals surface area contributed by atoms with Crippen molar-refractivity contribution in [2.45, 2.75) is 31.7 Å². The van der Waals surface area contributed by atoms with E-state index in [-0.39, 0.29) is 17.9 Å². The molecule has 0 unspecified atom stereocenters. The van der Waals surface area contributed by atoms with Crippen LogP contribution in [0.3, 0.4) is 0 Å². The molecule has 0 atom stereocenters. The molecule has 2 aromatic rings. The third-order valence-electron chi connectivity index (χ3n) is 5.21. The van der Waals surface area contributed by atoms with E-state index in [9.17, 15) is 9.18 Å². The number of hydrogen-bond acceptors (Lipinski definition) is 4. The van der Waals surface area contributed by atoms with Crippen molar-refractivity contribution >= 4 is 17.4 Å². The molecular weight excluding hydrogens is 335 g/mol. The minimum absolute atomic E-state index is 0.185. The van der Waals surface area contributed by atoms with Gasteiger partial charge in [0, 0.05) is 38.1 Å². The average Bonchev–Trinajstić information content (AvgIpc) is 3.36. The number of halogens is 1. The maximum absolute atomic E-state index is 14.4. The molecule has 0 radical (unpaired) electrons. The van der Waals surface area contributed by atoms with Crippen molar-refractivity contribution in [3.63, 3.8) is 0 Å². The summed E-state index contributed by atoms with van der Waals surface area (Å²) in [7, 11) is 0. The topological polar surface area (TPSA) is 66.3 Å². The number of amides is 2. The van der Waals surface area contributed by atoms with Crippen LogP contribution in [0.25, 0.3) is 0 Å². The second-order valence-corrected chi connectivity index (χ2v) is 6.89. The van der Waals surface area contributed by atoms with Gasteiger partial charge in [-0.05, 0) is 43.9 Å². The minimum Gasteiger partial charge on any atom is -0.369 e. The van der Waals surface area contributed by atoms with Crippen molar-refractivity contribution in [1.82, 2.24) is 19.9 Å². The first kappa shape index (κ1) is 16.8. The molecule has 1 N–H and O–H groups in total. The molecule has 2 amide bonds. The van der Waals surface area contributed by atoms with E-state index in [2.05, 4.69) is 20.5 Å². The van der Waals surface area contributed by atoms with Gasteiger partial charge in [-0.25, -0.2) is 13.9 Å². The normalized spacial score (nSPS) is 18.3. The molecule has 2 fully saturated rings. The van der Waals surface area contributed by atoms with Crippen molar-refractivity contribution in [1.29, 1.82) is 0 Å². The Kier molecular flexibility index (Phi) is 4.73. The van der Waals surface area contributed by atoms with Crippen LogP contribution in [0, 0.1) is 5.82 Å². The number of carbonyl (C=O) groups excluding carboxylic acids is 1. The van der Waals surface area contributed by atoms with E-state index in [0.717, 1.165) is 38.8 Å². The van der Waals surface area contributed by atoms with Gasteiger partial charge in [-0.3, -0.25) is 0 Å². The summed E-state index contributed by atoms with van der Waals surface area (Å²) >= 11 is 0. The molecule has 0 bridgehead atoms. The smallest absolute Gasteiger partial charge is 0.321 e. The van der Waals surface area contributed by atoms with Crippen LogP contribution in [0.1, 0.15) is 31.7 Å². The number of likely N-dealkylation sites (tertiary alicyclic amines) is 1. The van der Waals surface area contributed by atoms with Crippen LogP contribution < -0.4 is 10.2 Å². The van der Waals surface area contributed by atoms with E-state index in [0.29, 0.717) is 24.5 Å². The van der Waals surface area contributed by atoms with Crippen molar-refractivity contribution in [3.8, 4) is 0 Å². The predicted octanol–water partition coefficient (Wildman–Crippen LogP) is 2.89. The molecule has 7 nitrogen and oxygen atoms in total. The molecule has 2 aliphatic heterocycles. The second-order valence-electron chi connectivity index (χ2n) is 6.89. The van der Waals surface area contributed by atoms with E-state index >= 15 is 0 Å². The lowest BCUT2D eigenvalue weighted by atomic mass is 10.1. The fourth-order valence-corrected chi connectivity index (χ4v) is 3.75. The number of anilines is 2. The lowest BCUT2D eigenvalue weighted by Gasteiger charge is -2.31. The number of rotatable bonds is 3. The fourth-order valence-electron chi connectivity index (χ4n) is 3.75. The zero-order valence-electron chi connectivity index (χ0n) is 14.6. The molecule has 0 aliphatic carbocycles. The van der Waals surface area contributed by atoms with E-state index in [1.807, 2.05) is 10.9 Å². The lowest BCUT2D eigenvalue weighted by Crippen LogP contribution is -2.41. The van der Waals surface area contributed by atoms with Gasteiger partial charge in [0.25, 0.3) is 0 Å². The first-order valence-electron chi connectivity index (χ1n) is 9.17. The summed E-state index contributed by atoms with van der Waals surface area (Å²) in [6.07, 6.45) is 7.38. The van der Waals surface area contributed by atoms with Gasteiger partial charge in [0.1, 0.15) is 5.82 Å². The standard InChI is InChI=1S/C18H23FN6O/c19-16-13-14(3-4-17(16)23-8-1-2-9-23)21-18(26)24-10-5-15(6-11-24)25-12-7-20-22-25/h3-4,7,12-13,15H,1-2,5-6,8-11H2,(H,21,26). The molecule has 138 valence electrons. The van der Waals surface area contributed by atoms with Gasteiger partial charge < -0.3 is 15.1 Å². The third kappa shape index (κ3) is 3.49. The summed E-state index contributed by atoms with van der Waals surface area (Å²) in [5, 5.41) is 10.7. The van der Waals surface area contributed by atoms with Gasteiger partial charge >= 0.3 is 6.03 Å². The van der Waals surface area contributed by atoms with Crippen LogP contribution in [0.15, 0.2) is 30.6 Å². The Bertz CT molecular complexity index is 751. The van der Waals surface area contributed by atoms with E-state index in [4.69, 9.17) is 0 Å². The first-order chi connectivity index (χ1) is 12.7. The Morgan fingerprint density at radius 3 is 2.58 bits per heavy atom. The number of hydrogen-bond donors (Lipinski definition) is 1. The summed E-state index contributed by atoms with van der Waals surface area (Å²) in [6.45, 7) is 3.07. The summed E-state index contributed by atoms with van der Waals surface area (Å²) < 4.78 is 16.2. The third-order valence-corrected chi connectivity index (χ3v) is 5.21. The number of piperidine rings is 1. The Balaban J connectivity index is 1.34. The monoisotopic (exact) mass is 358 g/mol. The molecule has 1 aromatic carbocycles. The van der Waals surface area contributed by atoms with Gasteiger partial charge in [-0.1, -0.05) is 5.21 Å². The maximum atomic E-state index is 14.4. The highest BCUT2D eigenvalue weighted by atomic mass is 19.1. The molecule has 0 saturated carbocycles. The lowest BCUT2D eigenvalue weighted by molar-refractivity contribution is 0.179. The van der Waals surface area contributed by atoms with Crippen LogP contribution in [0.2, 0.25) is 0 Å². The van der Waals surface area contributed by atoms with Crippen molar-refractivity contribution in [2.75, 3.05) is 36.4 Å². The van der Waals surface area contributed by atoms with Crippen molar-refractivity contribution in [2.24, 2.45) is 0 Å². The number of aromatic nitrogens is 3. The largest absolute Gasteiger partial charge is 0.369 e. The van der Waals surface area contributed by atoms with Gasteiger partial charge in [-0.2, -0.15) is 0 Å². The second kappa shape index (κ2) is 7.31. The molecule has 4 rings (SSSR count). The summed E-state index contributed by atoms with van der Waals surface area (Å²) in [6, 6.07) is 5.03. The number of benzene rings is 1. The van der Waals surface area contributed by atoms with Crippen LogP contribution in [0.4, 0.5) is 20.6 Å². The first-order valence-corrected chi connectivity index (χ1v) is 9.17. The Morgan fingerprint density at radius 2 is 1.92 bits per heavy atom. The van der Waals surface area contributed by atoms with Gasteiger partial charge in [0.2, 0.25) is 0 Å². The quantitative estimate of drug-likeness (QED) is 0.916. The number of nitrogens with zero attached hydrogens (tertiary/aromatic N) is 5. The molecule has 0 spiro atoms. The van der Waals surface area contributed by atoms with Gasteiger partial charge in [-0.15, -0.1) is 5.10 Å². The van der Waals surface area contributed by atoms with E-state index in [1.165, 1.54) is 6.07 Å². The zero-order valence-corrected chi connectivity index (χ0v) is 14.6. The Hall–Kier alpha value is -2.64. The summed E-state index contributed by atoms with van der Waals surface area (Å²) in [4.78, 5) is 16.3. The molecule has 2 aliphatic rings. The highest BCUT2D eigenvalue weighted by Crippen LogP contribution is 2.27. The molecule has 1 aromatic heterocycles. The molecule has 8 heteroatoms. The average molecular weight is 358 g/mol. The molecular formula is C18H23FN6O. The predicted molar refractivity (Wildman–Crippen MR) is 96.7 cm³/mol. The Morgan fingerprint density at radius 1 is 1.15 bits per heavy atom. The highest BCUT2D eigenvalue weighted by molar-refractivity contribution is 5.89. The van der Waals surface area contributed by atoms with Crippen LogP contribution >= 0.6 is 0 Å². The number of nitrogens with one attached hydrogen (secondary N) is 1. The van der Waals surface area contributed by atoms with Crippen LogP contribution in [-0.2, 0) is 0 Å². The highest BCUT2D eigenvalue weighted by Gasteiger charge is 2.24. The van der Waals surface area contributed by atoms with E-state index in [1.54, 1.807) is 23.2 Å². The minimum atomic E-state index is -0.283. The number of carbonyl (C=O) groups is 1. The van der Waals surface area contributed by atoms with Gasteiger partial charge in [0.05, 0.1) is 17.9 Å². The summed E-state index contributed by atoms with van der Waals surface area (Å²) in [5.41, 5.74) is 1.11. The molecule has 26 heavy (non-hydrogen) atoms. The SMILES string of the molecule is O=C(Nc1ccc(N2CCCC2)c(F)c1)N1CCC(n2ccnn2)CC1. The fraction of sp³-hybridized carbons (Fsp3) is 0.500. The number of urea groups is 1. The van der Waals surface area contributed by atoms with Crippen LogP contribution in [-0.4, -0.2) is 52.1 Å². The van der Waals surface area contributed by atoms with Gasteiger partial charge in [0.15, 0.2) is 0 Å². The molecule has 2 saturated heterocycles. The zero-order chi connectivity index (χ0) is 17.9. The Labute approximate surface area is 151 Å². The van der Waals surface area contributed by atoms with E-state index < -0.39 is 0 Å². The molecule has 3 heterocycles. The van der Waals surface area contributed by atoms with Crippen LogP contribution in [0.5, 0.6) is 0 Å². The summed E-state index contributed by atoms with van der Waals surface area (Å²) in [5.74, 6) is -0.283. The van der Waals surface area contributed by atoms with Crippen molar-refractivity contribution in [3.05, 3.63) is 36.4 Å². The van der Waals surface area contributed by atoms with Crippen molar-refractivity contribution < 1.29 is 9.18 Å².